The molecule has 0 aliphatic rings. The van der Waals surface area contributed by atoms with Crippen LogP contribution in [0.1, 0.15) is 24.8 Å². The van der Waals surface area contributed by atoms with Gasteiger partial charge in [-0.1, -0.05) is 12.1 Å². The van der Waals surface area contributed by atoms with Crippen LogP contribution in [0.3, 0.4) is 0 Å². The molecule has 0 saturated carbocycles. The van der Waals surface area contributed by atoms with E-state index < -0.39 is 0 Å². The van der Waals surface area contributed by atoms with Crippen LogP contribution < -0.4 is 11.1 Å². The lowest BCUT2D eigenvalue weighted by atomic mass is 10.1. The van der Waals surface area contributed by atoms with Crippen LogP contribution in [-0.2, 0) is 16.0 Å². The molecule has 0 atom stereocenters. The van der Waals surface area contributed by atoms with E-state index in [1.165, 1.54) is 0 Å². The van der Waals surface area contributed by atoms with Gasteiger partial charge in [0, 0.05) is 26.2 Å². The summed E-state index contributed by atoms with van der Waals surface area (Å²) in [7, 11) is 3.47. The standard InChI is InChI=1S/C15H23N3O2/c1-18(2)15(20)11-12-6-8-13(9-7-12)17-14(19)5-3-4-10-16/h6-9H,3-5,10-11,16H2,1-2H3,(H,17,19). The maximum Gasteiger partial charge on any atom is 0.226 e. The first-order valence-corrected chi connectivity index (χ1v) is 6.82. The highest BCUT2D eigenvalue weighted by Gasteiger charge is 2.06. The topological polar surface area (TPSA) is 75.4 Å². The Bertz CT molecular complexity index is 441. The number of anilines is 1. The van der Waals surface area contributed by atoms with Crippen LogP contribution in [-0.4, -0.2) is 37.4 Å². The number of unbranched alkanes of at least 4 members (excludes halogenated alkanes) is 1. The number of amides is 2. The lowest BCUT2D eigenvalue weighted by molar-refractivity contribution is -0.128. The summed E-state index contributed by atoms with van der Waals surface area (Å²) in [5, 5.41) is 2.83. The van der Waals surface area contributed by atoms with Crippen molar-refractivity contribution in [2.75, 3.05) is 26.0 Å². The van der Waals surface area contributed by atoms with Gasteiger partial charge in [-0.25, -0.2) is 0 Å². The highest BCUT2D eigenvalue weighted by molar-refractivity contribution is 5.90. The van der Waals surface area contributed by atoms with E-state index in [1.807, 2.05) is 24.3 Å². The molecule has 2 amide bonds. The van der Waals surface area contributed by atoms with Crippen LogP contribution in [0.5, 0.6) is 0 Å². The number of likely N-dealkylation sites (N-methyl/N-ethyl adjacent to an activating group) is 1. The second kappa shape index (κ2) is 8.32. The van der Waals surface area contributed by atoms with Crippen molar-refractivity contribution in [1.82, 2.24) is 4.90 Å². The fourth-order valence-electron chi connectivity index (χ4n) is 1.69. The molecule has 0 bridgehead atoms. The Kier molecular flexibility index (Phi) is 6.73. The summed E-state index contributed by atoms with van der Waals surface area (Å²) in [6.07, 6.45) is 2.52. The fourth-order valence-corrected chi connectivity index (χ4v) is 1.69. The predicted molar refractivity (Wildman–Crippen MR) is 80.4 cm³/mol. The van der Waals surface area contributed by atoms with Gasteiger partial charge < -0.3 is 16.0 Å². The minimum atomic E-state index is -0.00410. The maximum absolute atomic E-state index is 11.6. The molecule has 20 heavy (non-hydrogen) atoms. The molecule has 0 aliphatic heterocycles. The van der Waals surface area contributed by atoms with E-state index in [9.17, 15) is 9.59 Å². The van der Waals surface area contributed by atoms with Crippen molar-refractivity contribution in [2.24, 2.45) is 5.73 Å². The molecule has 0 fully saturated rings. The van der Waals surface area contributed by atoms with Crippen LogP contribution in [0.25, 0.3) is 0 Å². The van der Waals surface area contributed by atoms with Gasteiger partial charge >= 0.3 is 0 Å². The molecule has 1 aromatic rings. The van der Waals surface area contributed by atoms with Gasteiger partial charge in [0.05, 0.1) is 6.42 Å². The Balaban J connectivity index is 2.46. The Morgan fingerprint density at radius 1 is 1.15 bits per heavy atom. The number of carbonyl (C=O) groups is 2. The van der Waals surface area contributed by atoms with E-state index in [0.717, 1.165) is 24.1 Å². The third-order valence-corrected chi connectivity index (χ3v) is 2.95. The summed E-state index contributed by atoms with van der Waals surface area (Å²) in [6, 6.07) is 7.35. The molecule has 110 valence electrons. The molecule has 1 aromatic carbocycles. The third kappa shape index (κ3) is 5.84. The largest absolute Gasteiger partial charge is 0.349 e. The highest BCUT2D eigenvalue weighted by atomic mass is 16.2. The molecule has 0 heterocycles. The number of hydrogen-bond acceptors (Lipinski definition) is 3. The molecule has 0 saturated heterocycles. The van der Waals surface area contributed by atoms with Crippen LogP contribution in [0.4, 0.5) is 5.69 Å². The summed E-state index contributed by atoms with van der Waals surface area (Å²) in [5.74, 6) is 0.0548. The van der Waals surface area contributed by atoms with Crippen LogP contribution in [0.2, 0.25) is 0 Å². The molecule has 0 radical (unpaired) electrons. The zero-order valence-corrected chi connectivity index (χ0v) is 12.2. The number of hydrogen-bond donors (Lipinski definition) is 2. The van der Waals surface area contributed by atoms with Gasteiger partial charge in [-0.15, -0.1) is 0 Å². The number of benzene rings is 1. The number of nitrogens with two attached hydrogens (primary N) is 1. The second-order valence-electron chi connectivity index (χ2n) is 4.96. The lowest BCUT2D eigenvalue weighted by Crippen LogP contribution is -2.23. The molecule has 0 unspecified atom stereocenters. The average molecular weight is 277 g/mol. The van der Waals surface area contributed by atoms with Gasteiger partial charge in [0.1, 0.15) is 0 Å². The van der Waals surface area contributed by atoms with Crippen molar-refractivity contribution in [3.05, 3.63) is 29.8 Å². The number of rotatable bonds is 7. The summed E-state index contributed by atoms with van der Waals surface area (Å²) >= 11 is 0. The van der Waals surface area contributed by atoms with Gasteiger partial charge in [-0.05, 0) is 37.1 Å². The van der Waals surface area contributed by atoms with Gasteiger partial charge in [0.15, 0.2) is 0 Å². The molecular formula is C15H23N3O2. The molecule has 3 N–H and O–H groups in total. The minimum Gasteiger partial charge on any atom is -0.349 e. The normalized spacial score (nSPS) is 10.2. The monoisotopic (exact) mass is 277 g/mol. The van der Waals surface area contributed by atoms with Crippen molar-refractivity contribution < 1.29 is 9.59 Å². The second-order valence-corrected chi connectivity index (χ2v) is 4.96. The molecule has 1 rings (SSSR count). The first-order chi connectivity index (χ1) is 9.52. The molecular weight excluding hydrogens is 254 g/mol. The first-order valence-electron chi connectivity index (χ1n) is 6.82. The summed E-state index contributed by atoms with van der Waals surface area (Å²) < 4.78 is 0. The zero-order valence-electron chi connectivity index (χ0n) is 12.2. The Labute approximate surface area is 120 Å². The van der Waals surface area contributed by atoms with E-state index in [2.05, 4.69) is 5.32 Å². The van der Waals surface area contributed by atoms with Crippen molar-refractivity contribution >= 4 is 17.5 Å². The molecule has 5 heteroatoms. The molecule has 5 nitrogen and oxygen atoms in total. The van der Waals surface area contributed by atoms with E-state index >= 15 is 0 Å². The quantitative estimate of drug-likeness (QED) is 0.739. The Hall–Kier alpha value is -1.88. The van der Waals surface area contributed by atoms with Crippen LogP contribution in [0, 0.1) is 0 Å². The smallest absolute Gasteiger partial charge is 0.226 e. The van der Waals surface area contributed by atoms with E-state index in [4.69, 9.17) is 5.73 Å². The maximum atomic E-state index is 11.6. The molecule has 0 aromatic heterocycles. The number of carbonyl (C=O) groups excluding carboxylic acids is 2. The highest BCUT2D eigenvalue weighted by Crippen LogP contribution is 2.11. The SMILES string of the molecule is CN(C)C(=O)Cc1ccc(NC(=O)CCCCN)cc1. The summed E-state index contributed by atoms with van der Waals surface area (Å²) in [5.41, 5.74) is 7.07. The average Bonchev–Trinajstić information content (AvgIpc) is 2.41. The van der Waals surface area contributed by atoms with E-state index in [-0.39, 0.29) is 11.8 Å². The van der Waals surface area contributed by atoms with Crippen LogP contribution >= 0.6 is 0 Å². The summed E-state index contributed by atoms with van der Waals surface area (Å²) in [4.78, 5) is 24.8. The number of nitrogens with one attached hydrogen (secondary N) is 1. The fraction of sp³-hybridized carbons (Fsp3) is 0.467. The van der Waals surface area contributed by atoms with Crippen LogP contribution in [0.15, 0.2) is 24.3 Å². The Morgan fingerprint density at radius 3 is 2.35 bits per heavy atom. The minimum absolute atomic E-state index is 0.00410. The van der Waals surface area contributed by atoms with Crippen molar-refractivity contribution in [3.63, 3.8) is 0 Å². The third-order valence-electron chi connectivity index (χ3n) is 2.95. The van der Waals surface area contributed by atoms with Gasteiger partial charge in [0.25, 0.3) is 0 Å². The first kappa shape index (κ1) is 16.2. The lowest BCUT2D eigenvalue weighted by Gasteiger charge is -2.10. The van der Waals surface area contributed by atoms with Crippen molar-refractivity contribution in [3.8, 4) is 0 Å². The van der Waals surface area contributed by atoms with Crippen molar-refractivity contribution in [2.45, 2.75) is 25.7 Å². The van der Waals surface area contributed by atoms with Gasteiger partial charge in [-0.2, -0.15) is 0 Å². The predicted octanol–water partition coefficient (Wildman–Crippen LogP) is 1.38. The Morgan fingerprint density at radius 2 is 1.80 bits per heavy atom. The van der Waals surface area contributed by atoms with Crippen molar-refractivity contribution in [1.29, 1.82) is 0 Å². The van der Waals surface area contributed by atoms with Gasteiger partial charge in [0.2, 0.25) is 11.8 Å². The zero-order chi connectivity index (χ0) is 15.0. The number of nitrogens with zero attached hydrogens (tertiary/aromatic N) is 1. The van der Waals surface area contributed by atoms with E-state index in [1.54, 1.807) is 19.0 Å². The van der Waals surface area contributed by atoms with Gasteiger partial charge in [-0.3, -0.25) is 9.59 Å². The summed E-state index contributed by atoms with van der Waals surface area (Å²) in [6.45, 7) is 0.613. The molecule has 0 aliphatic carbocycles. The molecule has 0 spiro atoms. The van der Waals surface area contributed by atoms with E-state index in [0.29, 0.717) is 19.4 Å².